The maximum Gasteiger partial charge on any atom is 0.246 e. The first kappa shape index (κ1) is 30.2. The molecule has 212 valence electrons. The molecular weight excluding hydrogens is 510 g/mol. The van der Waals surface area contributed by atoms with E-state index in [-0.39, 0.29) is 19.4 Å². The number of aromatic nitrogens is 1. The summed E-state index contributed by atoms with van der Waals surface area (Å²) in [5, 5.41) is 8.99. The zero-order chi connectivity index (χ0) is 29.1. The fraction of sp³-hybridized carbons (Fsp3) is 0.367. The number of aryl methyl sites for hydroxylation is 1. The van der Waals surface area contributed by atoms with E-state index in [1.807, 2.05) is 60.7 Å². The number of amides is 4. The van der Waals surface area contributed by atoms with E-state index in [4.69, 9.17) is 4.84 Å². The van der Waals surface area contributed by atoms with Crippen molar-refractivity contribution in [1.82, 2.24) is 26.4 Å². The molecule has 0 aliphatic heterocycles. The van der Waals surface area contributed by atoms with Gasteiger partial charge in [-0.15, -0.1) is 0 Å². The average Bonchev–Trinajstić information content (AvgIpc) is 2.93. The van der Waals surface area contributed by atoms with Gasteiger partial charge in [0.25, 0.3) is 0 Å². The van der Waals surface area contributed by atoms with Gasteiger partial charge in [0.15, 0.2) is 0 Å². The fourth-order valence-electron chi connectivity index (χ4n) is 3.85. The van der Waals surface area contributed by atoms with Crippen molar-refractivity contribution in [2.45, 2.75) is 71.2 Å². The SMILES string of the molecule is C[C@H](NC(=O)[C@H](CC(=O)NOC(C)(C)C)NC(=O)CCc1ccccc1)C(=O)NCc1cccc2ncccc12. The van der Waals surface area contributed by atoms with E-state index in [1.54, 1.807) is 27.0 Å². The lowest BCUT2D eigenvalue weighted by Crippen LogP contribution is -2.54. The van der Waals surface area contributed by atoms with Crippen LogP contribution in [0.3, 0.4) is 0 Å². The Labute approximate surface area is 234 Å². The number of carbonyl (C=O) groups is 4. The Morgan fingerprint density at radius 3 is 2.35 bits per heavy atom. The lowest BCUT2D eigenvalue weighted by Gasteiger charge is -2.23. The molecule has 0 unspecified atom stereocenters. The number of hydrogen-bond acceptors (Lipinski definition) is 6. The number of benzene rings is 2. The number of pyridine rings is 1. The third kappa shape index (κ3) is 9.77. The number of hydrogen-bond donors (Lipinski definition) is 4. The third-order valence-corrected chi connectivity index (χ3v) is 5.94. The number of nitrogens with one attached hydrogen (secondary N) is 4. The second-order valence-corrected chi connectivity index (χ2v) is 10.5. The highest BCUT2D eigenvalue weighted by molar-refractivity contribution is 5.94. The molecule has 40 heavy (non-hydrogen) atoms. The quantitative estimate of drug-likeness (QED) is 0.257. The first-order valence-corrected chi connectivity index (χ1v) is 13.2. The molecule has 0 spiro atoms. The van der Waals surface area contributed by atoms with Crippen molar-refractivity contribution < 1.29 is 24.0 Å². The molecule has 10 heteroatoms. The van der Waals surface area contributed by atoms with Crippen LogP contribution >= 0.6 is 0 Å². The molecule has 4 N–H and O–H groups in total. The molecule has 2 atom stereocenters. The highest BCUT2D eigenvalue weighted by Crippen LogP contribution is 2.16. The zero-order valence-electron chi connectivity index (χ0n) is 23.3. The number of nitrogens with zero attached hydrogens (tertiary/aromatic N) is 1. The standard InChI is InChI=1S/C30H37N5O5/c1-20(28(38)32-19-22-12-8-14-24-23(22)13-9-17-31-24)33-29(39)25(18-27(37)35-40-30(2,3)4)34-26(36)16-15-21-10-6-5-7-11-21/h5-14,17,20,25H,15-16,18-19H2,1-4H3,(H,32,38)(H,33,39)(H,34,36)(H,35,37)/t20-,25-/m0/s1. The van der Waals surface area contributed by atoms with Gasteiger partial charge in [-0.1, -0.05) is 48.5 Å². The first-order valence-electron chi connectivity index (χ1n) is 13.2. The van der Waals surface area contributed by atoms with Crippen molar-refractivity contribution in [3.63, 3.8) is 0 Å². The minimum atomic E-state index is -1.20. The summed E-state index contributed by atoms with van der Waals surface area (Å²) in [5.74, 6) is -2.05. The summed E-state index contributed by atoms with van der Waals surface area (Å²) in [6, 6.07) is 16.7. The molecule has 2 aromatic carbocycles. The minimum Gasteiger partial charge on any atom is -0.350 e. The number of rotatable bonds is 12. The van der Waals surface area contributed by atoms with Crippen LogP contribution in [0.15, 0.2) is 66.9 Å². The van der Waals surface area contributed by atoms with Crippen LogP contribution in [-0.4, -0.2) is 46.3 Å². The van der Waals surface area contributed by atoms with Crippen molar-refractivity contribution in [2.75, 3.05) is 0 Å². The maximum atomic E-state index is 13.1. The Bertz CT molecular complexity index is 1320. The number of fused-ring (bicyclic) bond motifs is 1. The molecule has 1 heterocycles. The Balaban J connectivity index is 1.60. The Morgan fingerprint density at radius 1 is 0.875 bits per heavy atom. The van der Waals surface area contributed by atoms with Gasteiger partial charge in [-0.2, -0.15) is 0 Å². The average molecular weight is 548 g/mol. The summed E-state index contributed by atoms with van der Waals surface area (Å²) < 4.78 is 0. The molecule has 0 fully saturated rings. The van der Waals surface area contributed by atoms with Gasteiger partial charge in [0, 0.05) is 24.5 Å². The largest absolute Gasteiger partial charge is 0.350 e. The summed E-state index contributed by atoms with van der Waals surface area (Å²) >= 11 is 0. The maximum absolute atomic E-state index is 13.1. The highest BCUT2D eigenvalue weighted by atomic mass is 16.7. The molecule has 4 amide bonds. The summed E-state index contributed by atoms with van der Waals surface area (Å²) in [5.41, 5.74) is 4.35. The monoisotopic (exact) mass is 547 g/mol. The van der Waals surface area contributed by atoms with Gasteiger partial charge in [0.2, 0.25) is 23.6 Å². The topological polar surface area (TPSA) is 139 Å². The van der Waals surface area contributed by atoms with E-state index < -0.39 is 41.3 Å². The van der Waals surface area contributed by atoms with E-state index in [0.717, 1.165) is 22.0 Å². The Morgan fingerprint density at radius 2 is 1.62 bits per heavy atom. The summed E-state index contributed by atoms with van der Waals surface area (Å²) in [4.78, 5) is 60.7. The van der Waals surface area contributed by atoms with E-state index in [0.29, 0.717) is 6.42 Å². The van der Waals surface area contributed by atoms with Crippen molar-refractivity contribution in [3.8, 4) is 0 Å². The number of carbonyl (C=O) groups excluding carboxylic acids is 4. The molecular formula is C30H37N5O5. The van der Waals surface area contributed by atoms with Crippen LogP contribution in [0.2, 0.25) is 0 Å². The molecule has 0 saturated heterocycles. The smallest absolute Gasteiger partial charge is 0.246 e. The lowest BCUT2D eigenvalue weighted by atomic mass is 10.1. The molecule has 0 saturated carbocycles. The molecule has 0 bridgehead atoms. The molecule has 3 aromatic rings. The van der Waals surface area contributed by atoms with E-state index in [2.05, 4.69) is 26.4 Å². The van der Waals surface area contributed by atoms with Crippen LogP contribution in [0, 0.1) is 0 Å². The Hall–Kier alpha value is -4.31. The molecule has 10 nitrogen and oxygen atoms in total. The molecule has 3 rings (SSSR count). The molecule has 0 aliphatic carbocycles. The lowest BCUT2D eigenvalue weighted by molar-refractivity contribution is -0.147. The molecule has 1 aromatic heterocycles. The second-order valence-electron chi connectivity index (χ2n) is 10.5. The van der Waals surface area contributed by atoms with Gasteiger partial charge in [-0.25, -0.2) is 5.48 Å². The van der Waals surface area contributed by atoms with Crippen LogP contribution in [0.4, 0.5) is 0 Å². The van der Waals surface area contributed by atoms with Crippen LogP contribution in [0.1, 0.15) is 51.7 Å². The van der Waals surface area contributed by atoms with Crippen molar-refractivity contribution in [1.29, 1.82) is 0 Å². The normalized spacial score (nSPS) is 12.7. The van der Waals surface area contributed by atoms with Crippen molar-refractivity contribution >= 4 is 34.5 Å². The van der Waals surface area contributed by atoms with Crippen molar-refractivity contribution in [2.24, 2.45) is 0 Å². The van der Waals surface area contributed by atoms with Gasteiger partial charge >= 0.3 is 0 Å². The predicted molar refractivity (Wildman–Crippen MR) is 151 cm³/mol. The van der Waals surface area contributed by atoms with E-state index in [9.17, 15) is 19.2 Å². The minimum absolute atomic E-state index is 0.129. The van der Waals surface area contributed by atoms with Gasteiger partial charge in [-0.3, -0.25) is 29.0 Å². The van der Waals surface area contributed by atoms with Crippen LogP contribution in [0.25, 0.3) is 10.9 Å². The highest BCUT2D eigenvalue weighted by Gasteiger charge is 2.27. The number of hydroxylamine groups is 1. The second kappa shape index (κ2) is 14.2. The van der Waals surface area contributed by atoms with Crippen LogP contribution in [0.5, 0.6) is 0 Å². The van der Waals surface area contributed by atoms with E-state index in [1.165, 1.54) is 6.92 Å². The Kier molecular flexibility index (Phi) is 10.7. The van der Waals surface area contributed by atoms with Crippen molar-refractivity contribution in [3.05, 3.63) is 78.0 Å². The molecule has 0 aliphatic rings. The van der Waals surface area contributed by atoms with Gasteiger partial charge < -0.3 is 16.0 Å². The third-order valence-electron chi connectivity index (χ3n) is 5.94. The van der Waals surface area contributed by atoms with Crippen LogP contribution in [-0.2, 0) is 37.0 Å². The van der Waals surface area contributed by atoms with Gasteiger partial charge in [0.1, 0.15) is 12.1 Å². The predicted octanol–water partition coefficient (Wildman–Crippen LogP) is 2.71. The first-order chi connectivity index (χ1) is 19.0. The van der Waals surface area contributed by atoms with Crippen LogP contribution < -0.4 is 21.4 Å². The summed E-state index contributed by atoms with van der Waals surface area (Å²) in [7, 11) is 0. The van der Waals surface area contributed by atoms with E-state index >= 15 is 0 Å². The summed E-state index contributed by atoms with van der Waals surface area (Å²) in [6.45, 7) is 7.07. The van der Waals surface area contributed by atoms with Gasteiger partial charge in [-0.05, 0) is 57.4 Å². The van der Waals surface area contributed by atoms with Gasteiger partial charge in [0.05, 0.1) is 17.5 Å². The fourth-order valence-corrected chi connectivity index (χ4v) is 3.85. The molecule has 0 radical (unpaired) electrons. The zero-order valence-corrected chi connectivity index (χ0v) is 23.3. The summed E-state index contributed by atoms with van der Waals surface area (Å²) in [6.07, 6.45) is 1.94.